The van der Waals surface area contributed by atoms with Crippen molar-refractivity contribution in [2.24, 2.45) is 23.7 Å². The van der Waals surface area contributed by atoms with Gasteiger partial charge < -0.3 is 9.47 Å². The predicted molar refractivity (Wildman–Crippen MR) is 118 cm³/mol. The zero-order valence-corrected chi connectivity index (χ0v) is 18.9. The third-order valence-corrected chi connectivity index (χ3v) is 7.52. The molecule has 0 radical (unpaired) electrons. The van der Waals surface area contributed by atoms with Gasteiger partial charge in [-0.2, -0.15) is 8.78 Å². The van der Waals surface area contributed by atoms with Gasteiger partial charge in [0.2, 0.25) is 11.6 Å². The van der Waals surface area contributed by atoms with E-state index in [0.29, 0.717) is 19.1 Å². The van der Waals surface area contributed by atoms with E-state index in [9.17, 15) is 8.78 Å². The van der Waals surface area contributed by atoms with Crippen LogP contribution in [0, 0.1) is 35.3 Å². The number of ether oxygens (including phenoxy) is 2. The average molecular weight is 423 g/mol. The second-order valence-electron chi connectivity index (χ2n) is 9.53. The molecular weight excluding hydrogens is 382 g/mol. The van der Waals surface area contributed by atoms with Crippen LogP contribution in [0.2, 0.25) is 0 Å². The van der Waals surface area contributed by atoms with E-state index in [4.69, 9.17) is 9.47 Å². The number of hydrogen-bond acceptors (Lipinski definition) is 2. The molecule has 30 heavy (non-hydrogen) atoms. The van der Waals surface area contributed by atoms with E-state index < -0.39 is 11.6 Å². The largest absolute Gasteiger partial charge is 0.490 e. The van der Waals surface area contributed by atoms with Gasteiger partial charge in [0.15, 0.2) is 11.5 Å². The summed E-state index contributed by atoms with van der Waals surface area (Å²) in [5.41, 5.74) is 0. The Kier molecular flexibility index (Phi) is 9.27. The van der Waals surface area contributed by atoms with E-state index in [-0.39, 0.29) is 11.5 Å². The van der Waals surface area contributed by atoms with Gasteiger partial charge >= 0.3 is 0 Å². The van der Waals surface area contributed by atoms with Gasteiger partial charge in [-0.25, -0.2) is 0 Å². The summed E-state index contributed by atoms with van der Waals surface area (Å²) in [6, 6.07) is 2.99. The third kappa shape index (κ3) is 6.34. The van der Waals surface area contributed by atoms with Gasteiger partial charge in [0.05, 0.1) is 13.2 Å². The lowest BCUT2D eigenvalue weighted by molar-refractivity contribution is 0.121. The maximum atomic E-state index is 14.4. The van der Waals surface area contributed by atoms with Crippen molar-refractivity contribution in [3.63, 3.8) is 0 Å². The number of hydrogen-bond donors (Lipinski definition) is 0. The van der Waals surface area contributed by atoms with Gasteiger partial charge in [0.25, 0.3) is 0 Å². The highest BCUT2D eigenvalue weighted by Crippen LogP contribution is 2.42. The Labute approximate surface area is 181 Å². The van der Waals surface area contributed by atoms with Crippen molar-refractivity contribution in [1.29, 1.82) is 0 Å². The summed E-state index contributed by atoms with van der Waals surface area (Å²) in [6.07, 6.45) is 14.7. The van der Waals surface area contributed by atoms with E-state index in [1.807, 2.05) is 0 Å². The van der Waals surface area contributed by atoms with E-state index in [2.05, 4.69) is 13.8 Å². The predicted octanol–water partition coefficient (Wildman–Crippen LogP) is 7.94. The lowest BCUT2D eigenvalue weighted by atomic mass is 9.69. The zero-order chi connectivity index (χ0) is 21.3. The van der Waals surface area contributed by atoms with Crippen LogP contribution >= 0.6 is 0 Å². The Hall–Kier alpha value is -1.32. The Morgan fingerprint density at radius 3 is 1.80 bits per heavy atom. The molecule has 2 saturated carbocycles. The molecule has 4 heteroatoms. The fourth-order valence-corrected chi connectivity index (χ4v) is 5.37. The Morgan fingerprint density at radius 2 is 1.27 bits per heavy atom. The zero-order valence-electron chi connectivity index (χ0n) is 18.9. The van der Waals surface area contributed by atoms with E-state index in [0.717, 1.165) is 49.9 Å². The third-order valence-electron chi connectivity index (χ3n) is 7.52. The Bertz CT molecular complexity index is 632. The number of halogens is 2. The highest BCUT2D eigenvalue weighted by atomic mass is 19.2. The maximum absolute atomic E-state index is 14.4. The van der Waals surface area contributed by atoms with Crippen molar-refractivity contribution in [1.82, 2.24) is 0 Å². The molecule has 0 unspecified atom stereocenters. The van der Waals surface area contributed by atoms with Crippen LogP contribution in [0.5, 0.6) is 11.5 Å². The molecule has 0 N–H and O–H groups in total. The summed E-state index contributed by atoms with van der Waals surface area (Å²) in [7, 11) is 0. The number of rotatable bonds is 10. The summed E-state index contributed by atoms with van der Waals surface area (Å²) in [4.78, 5) is 0. The van der Waals surface area contributed by atoms with Crippen LogP contribution in [0.25, 0.3) is 0 Å². The van der Waals surface area contributed by atoms with Crippen LogP contribution in [0.15, 0.2) is 12.1 Å². The molecule has 170 valence electrons. The van der Waals surface area contributed by atoms with Crippen molar-refractivity contribution in [2.45, 2.75) is 90.9 Å². The van der Waals surface area contributed by atoms with Gasteiger partial charge in [0, 0.05) is 0 Å². The molecule has 1 aromatic rings. The monoisotopic (exact) mass is 422 g/mol. The first kappa shape index (κ1) is 23.3. The van der Waals surface area contributed by atoms with Crippen LogP contribution < -0.4 is 9.47 Å². The van der Waals surface area contributed by atoms with Gasteiger partial charge in [-0.3, -0.25) is 0 Å². The molecule has 0 bridgehead atoms. The molecule has 2 aliphatic carbocycles. The first-order valence-corrected chi connectivity index (χ1v) is 12.4. The normalized spacial score (nSPS) is 27.1. The maximum Gasteiger partial charge on any atom is 0.204 e. The molecule has 2 nitrogen and oxygen atoms in total. The molecule has 0 heterocycles. The minimum atomic E-state index is -0.935. The molecular formula is C26H40F2O2. The summed E-state index contributed by atoms with van der Waals surface area (Å²) >= 11 is 0. The SMILES string of the molecule is CCCCCOc1ccc(OCC2CCC(C3CCC(CC)CC3)CC2)c(F)c1F. The van der Waals surface area contributed by atoms with Crippen molar-refractivity contribution in [3.05, 3.63) is 23.8 Å². The molecule has 3 rings (SSSR count). The first-order chi connectivity index (χ1) is 14.6. The fourth-order valence-electron chi connectivity index (χ4n) is 5.37. The van der Waals surface area contributed by atoms with Crippen LogP contribution in [-0.4, -0.2) is 13.2 Å². The minimum Gasteiger partial charge on any atom is -0.490 e. The first-order valence-electron chi connectivity index (χ1n) is 12.4. The summed E-state index contributed by atoms with van der Waals surface area (Å²) in [5.74, 6) is 1.29. The van der Waals surface area contributed by atoms with Gasteiger partial charge in [-0.15, -0.1) is 0 Å². The molecule has 2 fully saturated rings. The van der Waals surface area contributed by atoms with Crippen LogP contribution in [0.4, 0.5) is 8.78 Å². The van der Waals surface area contributed by atoms with Crippen molar-refractivity contribution >= 4 is 0 Å². The van der Waals surface area contributed by atoms with E-state index in [1.165, 1.54) is 57.1 Å². The van der Waals surface area contributed by atoms with E-state index in [1.54, 1.807) is 0 Å². The summed E-state index contributed by atoms with van der Waals surface area (Å²) in [6.45, 7) is 5.30. The van der Waals surface area contributed by atoms with Gasteiger partial charge in [-0.05, 0) is 80.8 Å². The van der Waals surface area contributed by atoms with Gasteiger partial charge in [0.1, 0.15) is 0 Å². The van der Waals surface area contributed by atoms with Crippen LogP contribution in [0.1, 0.15) is 90.9 Å². The van der Waals surface area contributed by atoms with Crippen molar-refractivity contribution in [2.75, 3.05) is 13.2 Å². The highest BCUT2D eigenvalue weighted by molar-refractivity contribution is 5.35. The summed E-state index contributed by atoms with van der Waals surface area (Å²) < 4.78 is 39.7. The second-order valence-corrected chi connectivity index (χ2v) is 9.53. The van der Waals surface area contributed by atoms with Crippen LogP contribution in [0.3, 0.4) is 0 Å². The highest BCUT2D eigenvalue weighted by Gasteiger charge is 2.30. The lowest BCUT2D eigenvalue weighted by Crippen LogP contribution is -2.27. The second kappa shape index (κ2) is 11.9. The number of unbranched alkanes of at least 4 members (excludes halogenated alkanes) is 2. The minimum absolute atomic E-state index is 0.00780. The molecule has 0 aliphatic heterocycles. The number of benzene rings is 1. The van der Waals surface area contributed by atoms with Gasteiger partial charge in [-0.1, -0.05) is 46.0 Å². The quantitative estimate of drug-likeness (QED) is 0.356. The Balaban J connectivity index is 1.41. The van der Waals surface area contributed by atoms with E-state index >= 15 is 0 Å². The molecule has 0 saturated heterocycles. The van der Waals surface area contributed by atoms with Crippen molar-refractivity contribution < 1.29 is 18.3 Å². The topological polar surface area (TPSA) is 18.5 Å². The lowest BCUT2D eigenvalue weighted by Gasteiger charge is -2.37. The Morgan fingerprint density at radius 1 is 0.733 bits per heavy atom. The fraction of sp³-hybridized carbons (Fsp3) is 0.769. The van der Waals surface area contributed by atoms with Crippen LogP contribution in [-0.2, 0) is 0 Å². The smallest absolute Gasteiger partial charge is 0.204 e. The average Bonchev–Trinajstić information content (AvgIpc) is 2.79. The summed E-state index contributed by atoms with van der Waals surface area (Å²) in [5, 5.41) is 0. The van der Waals surface area contributed by atoms with Crippen molar-refractivity contribution in [3.8, 4) is 11.5 Å². The molecule has 2 aliphatic rings. The molecule has 0 amide bonds. The standard InChI is InChI=1S/C26H40F2O2/c1-3-5-6-17-29-23-15-16-24(26(28)25(23)27)30-18-20-9-13-22(14-10-20)21-11-7-19(4-2)8-12-21/h15-16,19-22H,3-14,17-18H2,1-2H3. The molecule has 0 atom stereocenters. The molecule has 1 aromatic carbocycles. The molecule has 0 aromatic heterocycles. The molecule has 0 spiro atoms.